The molecule has 0 aliphatic heterocycles. The van der Waals surface area contributed by atoms with Gasteiger partial charge in [0.25, 0.3) is 0 Å². The molecule has 0 aromatic rings. The molecule has 2 unspecified atom stereocenters. The second-order valence-electron chi connectivity index (χ2n) is 12.8. The molecule has 31 heavy (non-hydrogen) atoms. The summed E-state index contributed by atoms with van der Waals surface area (Å²) in [6.45, 7) is 24.4. The third-order valence-corrected chi connectivity index (χ3v) is 4.39. The number of aliphatic hydroxyl groups is 1. The Kier molecular flexibility index (Phi) is 10.4. The summed E-state index contributed by atoms with van der Waals surface area (Å²) in [5.41, 5.74) is -0.706. The van der Waals surface area contributed by atoms with E-state index in [0.29, 0.717) is 0 Å². The summed E-state index contributed by atoms with van der Waals surface area (Å²) in [5.74, 6) is 0. The van der Waals surface area contributed by atoms with E-state index in [1.54, 1.807) is 13.8 Å². The van der Waals surface area contributed by atoms with E-state index < -0.39 is 29.4 Å². The van der Waals surface area contributed by atoms with Crippen LogP contribution in [0.5, 0.6) is 0 Å². The molecule has 0 bridgehead atoms. The topological polar surface area (TPSA) is 90.9 Å². The zero-order valence-electron chi connectivity index (χ0n) is 22.1. The number of amides is 3. The fraction of sp³-hybridized carbons (Fsp3) is 0.917. The van der Waals surface area contributed by atoms with Crippen LogP contribution in [0.4, 0.5) is 9.59 Å². The van der Waals surface area contributed by atoms with Gasteiger partial charge in [0.15, 0.2) is 0 Å². The lowest BCUT2D eigenvalue weighted by molar-refractivity contribution is 0.0634. The SMILES string of the molecule is CC(O)CN(CC(C)OC(=O)NC(C)(C)CC(C)(C)C)C(=O)NC(C)(C)CC(C)(C)C. The molecular weight excluding hydrogens is 394 g/mol. The molecule has 0 spiro atoms. The van der Waals surface area contributed by atoms with Crippen LogP contribution >= 0.6 is 0 Å². The number of hydrogen-bond donors (Lipinski definition) is 3. The van der Waals surface area contributed by atoms with Crippen molar-refractivity contribution in [1.29, 1.82) is 0 Å². The van der Waals surface area contributed by atoms with Crippen LogP contribution < -0.4 is 10.6 Å². The fourth-order valence-electron chi connectivity index (χ4n) is 4.50. The number of aliphatic hydroxyl groups excluding tert-OH is 1. The molecule has 0 fully saturated rings. The molecule has 7 heteroatoms. The van der Waals surface area contributed by atoms with E-state index in [2.05, 4.69) is 52.2 Å². The van der Waals surface area contributed by atoms with Gasteiger partial charge >= 0.3 is 12.1 Å². The molecule has 7 nitrogen and oxygen atoms in total. The predicted molar refractivity (Wildman–Crippen MR) is 127 cm³/mol. The minimum absolute atomic E-state index is 0.0558. The summed E-state index contributed by atoms with van der Waals surface area (Å²) < 4.78 is 5.52. The summed E-state index contributed by atoms with van der Waals surface area (Å²) in [5, 5.41) is 15.9. The van der Waals surface area contributed by atoms with Crippen LogP contribution in [0.25, 0.3) is 0 Å². The first-order chi connectivity index (χ1) is 13.6. The second-order valence-corrected chi connectivity index (χ2v) is 12.8. The van der Waals surface area contributed by atoms with E-state index in [-0.39, 0.29) is 30.0 Å². The van der Waals surface area contributed by atoms with Crippen molar-refractivity contribution in [3.05, 3.63) is 0 Å². The number of alkyl carbamates (subject to hydrolysis) is 1. The average molecular weight is 444 g/mol. The van der Waals surface area contributed by atoms with Crippen molar-refractivity contribution in [3.63, 3.8) is 0 Å². The van der Waals surface area contributed by atoms with Gasteiger partial charge < -0.3 is 25.4 Å². The van der Waals surface area contributed by atoms with Crippen molar-refractivity contribution in [3.8, 4) is 0 Å². The van der Waals surface area contributed by atoms with Crippen molar-refractivity contribution in [2.24, 2.45) is 10.8 Å². The number of carbonyl (C=O) groups excluding carboxylic acids is 2. The maximum Gasteiger partial charge on any atom is 0.407 e. The van der Waals surface area contributed by atoms with Crippen molar-refractivity contribution in [2.75, 3.05) is 13.1 Å². The number of ether oxygens (including phenoxy) is 1. The van der Waals surface area contributed by atoms with E-state index in [4.69, 9.17) is 4.74 Å². The highest BCUT2D eigenvalue weighted by molar-refractivity contribution is 5.75. The number of nitrogens with one attached hydrogen (secondary N) is 2. The summed E-state index contributed by atoms with van der Waals surface area (Å²) in [4.78, 5) is 26.9. The van der Waals surface area contributed by atoms with Crippen LogP contribution in [-0.2, 0) is 4.74 Å². The van der Waals surface area contributed by atoms with Crippen LogP contribution in [0.1, 0.15) is 95.9 Å². The average Bonchev–Trinajstić information content (AvgIpc) is 2.38. The number of hydrogen-bond acceptors (Lipinski definition) is 4. The van der Waals surface area contributed by atoms with Crippen LogP contribution in [0.15, 0.2) is 0 Å². The third-order valence-electron chi connectivity index (χ3n) is 4.39. The Balaban J connectivity index is 5.04. The standard InChI is InChI=1S/C24H49N3O4/c1-17(28)13-27(19(29)25-23(9,10)15-21(3,4)5)14-18(2)31-20(30)26-24(11,12)16-22(6,7)8/h17-18,28H,13-16H2,1-12H3,(H,25,29)(H,26,30). The quantitative estimate of drug-likeness (QED) is 0.471. The lowest BCUT2D eigenvalue weighted by atomic mass is 9.82. The molecule has 2 atom stereocenters. The lowest BCUT2D eigenvalue weighted by Gasteiger charge is -2.36. The van der Waals surface area contributed by atoms with Gasteiger partial charge in [-0.05, 0) is 65.2 Å². The van der Waals surface area contributed by atoms with E-state index >= 15 is 0 Å². The van der Waals surface area contributed by atoms with Gasteiger partial charge in [-0.2, -0.15) is 0 Å². The smallest absolute Gasteiger partial charge is 0.407 e. The highest BCUT2D eigenvalue weighted by atomic mass is 16.6. The van der Waals surface area contributed by atoms with Gasteiger partial charge in [-0.1, -0.05) is 41.5 Å². The van der Waals surface area contributed by atoms with Gasteiger partial charge in [-0.3, -0.25) is 0 Å². The van der Waals surface area contributed by atoms with E-state index in [0.717, 1.165) is 12.8 Å². The first-order valence-electron chi connectivity index (χ1n) is 11.3. The van der Waals surface area contributed by atoms with E-state index in [9.17, 15) is 14.7 Å². The predicted octanol–water partition coefficient (Wildman–Crippen LogP) is 4.92. The zero-order valence-corrected chi connectivity index (χ0v) is 22.1. The summed E-state index contributed by atoms with van der Waals surface area (Å²) in [7, 11) is 0. The fourth-order valence-corrected chi connectivity index (χ4v) is 4.50. The first-order valence-corrected chi connectivity index (χ1v) is 11.3. The maximum atomic E-state index is 12.9. The second kappa shape index (κ2) is 10.9. The summed E-state index contributed by atoms with van der Waals surface area (Å²) in [6, 6.07) is -0.279. The van der Waals surface area contributed by atoms with Crippen LogP contribution in [0.3, 0.4) is 0 Å². The normalized spacial score (nSPS) is 15.1. The molecule has 0 heterocycles. The number of nitrogens with zero attached hydrogens (tertiary/aromatic N) is 1. The number of urea groups is 1. The molecule has 0 aromatic heterocycles. The highest BCUT2D eigenvalue weighted by Gasteiger charge is 2.31. The Hall–Kier alpha value is -1.50. The minimum atomic E-state index is -0.691. The molecule has 3 N–H and O–H groups in total. The molecule has 0 aliphatic carbocycles. The van der Waals surface area contributed by atoms with Gasteiger partial charge in [0.1, 0.15) is 6.10 Å². The minimum Gasteiger partial charge on any atom is -0.445 e. The Morgan fingerprint density at radius 2 is 1.23 bits per heavy atom. The van der Waals surface area contributed by atoms with Gasteiger partial charge in [-0.15, -0.1) is 0 Å². The van der Waals surface area contributed by atoms with E-state index in [1.165, 1.54) is 4.90 Å². The van der Waals surface area contributed by atoms with Gasteiger partial charge in [0, 0.05) is 17.6 Å². The zero-order chi connectivity index (χ0) is 24.8. The molecule has 3 amide bonds. The van der Waals surface area contributed by atoms with Gasteiger partial charge in [0.2, 0.25) is 0 Å². The molecule has 0 aromatic carbocycles. The Morgan fingerprint density at radius 1 is 0.806 bits per heavy atom. The number of rotatable bonds is 9. The van der Waals surface area contributed by atoms with Crippen molar-refractivity contribution in [2.45, 2.75) is 119 Å². The highest BCUT2D eigenvalue weighted by Crippen LogP contribution is 2.28. The summed E-state index contributed by atoms with van der Waals surface area (Å²) >= 11 is 0. The number of carbonyl (C=O) groups is 2. The molecule has 0 rings (SSSR count). The largest absolute Gasteiger partial charge is 0.445 e. The van der Waals surface area contributed by atoms with Crippen LogP contribution in [0.2, 0.25) is 0 Å². The summed E-state index contributed by atoms with van der Waals surface area (Å²) in [6.07, 6.45) is -0.134. The monoisotopic (exact) mass is 443 g/mol. The van der Waals surface area contributed by atoms with E-state index in [1.807, 2.05) is 27.7 Å². The van der Waals surface area contributed by atoms with Crippen molar-refractivity contribution in [1.82, 2.24) is 15.5 Å². The first kappa shape index (κ1) is 29.5. The molecule has 0 saturated heterocycles. The Bertz CT molecular complexity index is 587. The maximum absolute atomic E-state index is 12.9. The Labute approximate surface area is 190 Å². The molecule has 0 aliphatic rings. The Morgan fingerprint density at radius 3 is 1.61 bits per heavy atom. The van der Waals surface area contributed by atoms with Gasteiger partial charge in [-0.25, -0.2) is 9.59 Å². The molecule has 0 radical (unpaired) electrons. The molecule has 184 valence electrons. The third kappa shape index (κ3) is 15.0. The van der Waals surface area contributed by atoms with Crippen molar-refractivity contribution < 1.29 is 19.4 Å². The van der Waals surface area contributed by atoms with Gasteiger partial charge in [0.05, 0.1) is 12.6 Å². The van der Waals surface area contributed by atoms with Crippen LogP contribution in [0, 0.1) is 10.8 Å². The van der Waals surface area contributed by atoms with Crippen LogP contribution in [-0.4, -0.2) is 58.5 Å². The molecule has 0 saturated carbocycles. The van der Waals surface area contributed by atoms with Crippen molar-refractivity contribution >= 4 is 12.1 Å². The molecular formula is C24H49N3O4. The lowest BCUT2D eigenvalue weighted by Crippen LogP contribution is -2.54.